The van der Waals surface area contributed by atoms with E-state index < -0.39 is 5.54 Å². The first-order chi connectivity index (χ1) is 9.87. The van der Waals surface area contributed by atoms with Gasteiger partial charge in [0.1, 0.15) is 0 Å². The van der Waals surface area contributed by atoms with E-state index in [0.29, 0.717) is 38.6 Å². The van der Waals surface area contributed by atoms with E-state index in [1.165, 1.54) is 0 Å². The molecule has 2 rings (SSSR count). The second-order valence-electron chi connectivity index (χ2n) is 6.77. The Kier molecular flexibility index (Phi) is 4.88. The van der Waals surface area contributed by atoms with Crippen LogP contribution >= 0.6 is 0 Å². The van der Waals surface area contributed by atoms with Crippen LogP contribution < -0.4 is 11.5 Å². The van der Waals surface area contributed by atoms with Crippen molar-refractivity contribution < 1.29 is 9.59 Å². The molecule has 2 atom stereocenters. The van der Waals surface area contributed by atoms with E-state index in [9.17, 15) is 9.59 Å². The second kappa shape index (κ2) is 6.32. The van der Waals surface area contributed by atoms with Crippen molar-refractivity contribution in [1.29, 1.82) is 0 Å². The molecule has 2 fully saturated rings. The average Bonchev–Trinajstić information content (AvgIpc) is 2.94. The molecular formula is C15H28N4O2. The molecule has 1 saturated heterocycles. The largest absolute Gasteiger partial charge is 0.368 e. The SMILES string of the molecule is CC(C)(C(N)=O)N1CCN(C(=O)[C@@H]2CCC[C@@H]2CN)CC1. The van der Waals surface area contributed by atoms with Crippen molar-refractivity contribution in [3.8, 4) is 0 Å². The average molecular weight is 296 g/mol. The van der Waals surface area contributed by atoms with E-state index >= 15 is 0 Å². The molecule has 21 heavy (non-hydrogen) atoms. The van der Waals surface area contributed by atoms with Gasteiger partial charge in [0.25, 0.3) is 0 Å². The van der Waals surface area contributed by atoms with Crippen LogP contribution in [0.15, 0.2) is 0 Å². The normalized spacial score (nSPS) is 27.9. The summed E-state index contributed by atoms with van der Waals surface area (Å²) < 4.78 is 0. The Bertz CT molecular complexity index is 402. The lowest BCUT2D eigenvalue weighted by Crippen LogP contribution is -2.60. The van der Waals surface area contributed by atoms with Gasteiger partial charge in [0.05, 0.1) is 5.54 Å². The van der Waals surface area contributed by atoms with Gasteiger partial charge in [-0.1, -0.05) is 6.42 Å². The van der Waals surface area contributed by atoms with E-state index in [1.54, 1.807) is 0 Å². The molecule has 2 aliphatic rings. The third kappa shape index (κ3) is 3.21. The summed E-state index contributed by atoms with van der Waals surface area (Å²) in [6, 6.07) is 0. The fourth-order valence-corrected chi connectivity index (χ4v) is 3.52. The minimum Gasteiger partial charge on any atom is -0.368 e. The molecule has 6 nitrogen and oxygen atoms in total. The third-order valence-electron chi connectivity index (χ3n) is 5.26. The highest BCUT2D eigenvalue weighted by Gasteiger charge is 2.39. The Balaban J connectivity index is 1.92. The molecule has 0 radical (unpaired) electrons. The first-order valence-electron chi connectivity index (χ1n) is 7.91. The highest BCUT2D eigenvalue weighted by molar-refractivity contribution is 5.83. The summed E-state index contributed by atoms with van der Waals surface area (Å²) in [4.78, 5) is 28.1. The van der Waals surface area contributed by atoms with Gasteiger partial charge in [-0.05, 0) is 39.2 Å². The maximum Gasteiger partial charge on any atom is 0.237 e. The number of primary amides is 1. The van der Waals surface area contributed by atoms with Crippen molar-refractivity contribution in [3.63, 3.8) is 0 Å². The predicted molar refractivity (Wildman–Crippen MR) is 81.3 cm³/mol. The lowest BCUT2D eigenvalue weighted by atomic mass is 9.94. The fourth-order valence-electron chi connectivity index (χ4n) is 3.52. The zero-order valence-corrected chi connectivity index (χ0v) is 13.2. The first-order valence-corrected chi connectivity index (χ1v) is 7.91. The number of piperazine rings is 1. The zero-order chi connectivity index (χ0) is 15.6. The number of amides is 2. The van der Waals surface area contributed by atoms with Crippen molar-refractivity contribution in [3.05, 3.63) is 0 Å². The number of nitrogens with two attached hydrogens (primary N) is 2. The van der Waals surface area contributed by atoms with Crippen LogP contribution in [0.3, 0.4) is 0 Å². The van der Waals surface area contributed by atoms with Gasteiger partial charge in [-0.2, -0.15) is 0 Å². The fraction of sp³-hybridized carbons (Fsp3) is 0.867. The maximum atomic E-state index is 12.6. The van der Waals surface area contributed by atoms with E-state index in [2.05, 4.69) is 4.90 Å². The van der Waals surface area contributed by atoms with E-state index in [-0.39, 0.29) is 17.7 Å². The molecule has 0 unspecified atom stereocenters. The summed E-state index contributed by atoms with van der Waals surface area (Å²) in [5, 5.41) is 0. The molecule has 0 aromatic heterocycles. The van der Waals surface area contributed by atoms with Crippen LogP contribution in [0.4, 0.5) is 0 Å². The highest BCUT2D eigenvalue weighted by atomic mass is 16.2. The number of nitrogens with zero attached hydrogens (tertiary/aromatic N) is 2. The lowest BCUT2D eigenvalue weighted by Gasteiger charge is -2.43. The van der Waals surface area contributed by atoms with Gasteiger partial charge >= 0.3 is 0 Å². The van der Waals surface area contributed by atoms with Crippen LogP contribution in [0.25, 0.3) is 0 Å². The van der Waals surface area contributed by atoms with Crippen molar-refractivity contribution in [2.24, 2.45) is 23.3 Å². The number of rotatable bonds is 4. The van der Waals surface area contributed by atoms with Crippen molar-refractivity contribution in [1.82, 2.24) is 9.80 Å². The minimum atomic E-state index is -0.651. The third-order valence-corrected chi connectivity index (χ3v) is 5.26. The van der Waals surface area contributed by atoms with Crippen LogP contribution in [0.2, 0.25) is 0 Å². The summed E-state index contributed by atoms with van der Waals surface area (Å²) >= 11 is 0. The standard InChI is InChI=1S/C15H28N4O2/c1-15(2,14(17)21)19-8-6-18(7-9-19)13(20)12-5-3-4-11(12)10-16/h11-12H,3-10,16H2,1-2H3,(H2,17,21)/t11-,12-/m1/s1. The lowest BCUT2D eigenvalue weighted by molar-refractivity contribution is -0.140. The van der Waals surface area contributed by atoms with Crippen molar-refractivity contribution in [2.45, 2.75) is 38.6 Å². The van der Waals surface area contributed by atoms with Crippen LogP contribution in [-0.2, 0) is 9.59 Å². The molecule has 6 heteroatoms. The molecule has 1 saturated carbocycles. The van der Waals surface area contributed by atoms with Gasteiger partial charge in [0.15, 0.2) is 0 Å². The Labute approximate surface area is 126 Å². The Morgan fingerprint density at radius 1 is 1.14 bits per heavy atom. The predicted octanol–water partition coefficient (Wildman–Crippen LogP) is -0.230. The smallest absolute Gasteiger partial charge is 0.237 e. The molecule has 1 heterocycles. The molecule has 2 amide bonds. The van der Waals surface area contributed by atoms with Gasteiger partial charge in [-0.25, -0.2) is 0 Å². The maximum absolute atomic E-state index is 12.6. The monoisotopic (exact) mass is 296 g/mol. The van der Waals surface area contributed by atoms with Crippen LogP contribution in [-0.4, -0.2) is 59.9 Å². The second-order valence-corrected chi connectivity index (χ2v) is 6.77. The number of hydrogen-bond donors (Lipinski definition) is 2. The van der Waals surface area contributed by atoms with Crippen LogP contribution in [0, 0.1) is 11.8 Å². The summed E-state index contributed by atoms with van der Waals surface area (Å²) in [5.74, 6) is 0.379. The van der Waals surface area contributed by atoms with Crippen LogP contribution in [0.5, 0.6) is 0 Å². The van der Waals surface area contributed by atoms with E-state index in [4.69, 9.17) is 11.5 Å². The molecule has 0 aromatic rings. The van der Waals surface area contributed by atoms with Gasteiger partial charge in [-0.15, -0.1) is 0 Å². The van der Waals surface area contributed by atoms with Crippen molar-refractivity contribution >= 4 is 11.8 Å². The topological polar surface area (TPSA) is 92.7 Å². The number of hydrogen-bond acceptors (Lipinski definition) is 4. The van der Waals surface area contributed by atoms with Crippen molar-refractivity contribution in [2.75, 3.05) is 32.7 Å². The molecule has 1 aliphatic carbocycles. The van der Waals surface area contributed by atoms with Gasteiger partial charge in [0.2, 0.25) is 11.8 Å². The van der Waals surface area contributed by atoms with E-state index in [1.807, 2.05) is 18.7 Å². The Morgan fingerprint density at radius 2 is 1.76 bits per heavy atom. The summed E-state index contributed by atoms with van der Waals surface area (Å²) in [6.45, 7) is 7.02. The Morgan fingerprint density at radius 3 is 2.29 bits per heavy atom. The molecule has 120 valence electrons. The van der Waals surface area contributed by atoms with Gasteiger partial charge in [-0.3, -0.25) is 14.5 Å². The molecule has 4 N–H and O–H groups in total. The molecular weight excluding hydrogens is 268 g/mol. The van der Waals surface area contributed by atoms with E-state index in [0.717, 1.165) is 19.3 Å². The molecule has 0 aromatic carbocycles. The summed E-state index contributed by atoms with van der Waals surface area (Å²) in [7, 11) is 0. The molecule has 1 aliphatic heterocycles. The first kappa shape index (κ1) is 16.2. The number of carbonyl (C=O) groups excluding carboxylic acids is 2. The van der Waals surface area contributed by atoms with Crippen LogP contribution in [0.1, 0.15) is 33.1 Å². The Hall–Kier alpha value is -1.14. The number of carbonyl (C=O) groups is 2. The molecule has 0 bridgehead atoms. The summed E-state index contributed by atoms with van der Waals surface area (Å²) in [5.41, 5.74) is 10.6. The summed E-state index contributed by atoms with van der Waals surface area (Å²) in [6.07, 6.45) is 3.14. The molecule has 0 spiro atoms. The highest BCUT2D eigenvalue weighted by Crippen LogP contribution is 2.32. The zero-order valence-electron chi connectivity index (χ0n) is 13.2. The van der Waals surface area contributed by atoms with Gasteiger partial charge in [0, 0.05) is 32.1 Å². The quantitative estimate of drug-likeness (QED) is 0.749. The minimum absolute atomic E-state index is 0.103. The van der Waals surface area contributed by atoms with Gasteiger partial charge < -0.3 is 16.4 Å².